The van der Waals surface area contributed by atoms with Crippen molar-refractivity contribution in [3.05, 3.63) is 29.8 Å². The maximum atomic E-state index is 12.8. The van der Waals surface area contributed by atoms with Crippen LogP contribution in [0.3, 0.4) is 0 Å². The molecule has 2 atom stereocenters. The first-order chi connectivity index (χ1) is 11.9. The third kappa shape index (κ3) is 4.83. The number of nitrogens with one attached hydrogen (secondary N) is 1. The van der Waals surface area contributed by atoms with Crippen LogP contribution < -0.4 is 4.72 Å². The lowest BCUT2D eigenvalue weighted by molar-refractivity contribution is -0.132. The lowest BCUT2D eigenvalue weighted by Gasteiger charge is -2.26. The minimum absolute atomic E-state index is 0.103. The molecular weight excluding hydrogens is 376 g/mol. The fourth-order valence-electron chi connectivity index (χ4n) is 2.96. The third-order valence-corrected chi connectivity index (χ3v) is 7.61. The number of carbonyl (C=O) groups is 1. The Morgan fingerprint density at radius 3 is 2.38 bits per heavy atom. The van der Waals surface area contributed by atoms with Crippen LogP contribution in [0.5, 0.6) is 0 Å². The second-order valence-electron chi connectivity index (χ2n) is 7.18. The number of benzene rings is 1. The van der Waals surface area contributed by atoms with E-state index in [0.717, 1.165) is 11.8 Å². The molecule has 146 valence electrons. The molecule has 1 amide bonds. The molecule has 0 saturated carbocycles. The second-order valence-corrected chi connectivity index (χ2v) is 11.2. The van der Waals surface area contributed by atoms with E-state index in [1.165, 1.54) is 11.0 Å². The highest BCUT2D eigenvalue weighted by atomic mass is 32.2. The van der Waals surface area contributed by atoms with Crippen molar-refractivity contribution in [1.29, 1.82) is 0 Å². The van der Waals surface area contributed by atoms with Gasteiger partial charge in [0.15, 0.2) is 9.84 Å². The number of carbonyl (C=O) groups excluding carboxylic acids is 1. The zero-order valence-electron chi connectivity index (χ0n) is 15.5. The van der Waals surface area contributed by atoms with Crippen molar-refractivity contribution < 1.29 is 21.6 Å². The molecule has 1 fully saturated rings. The van der Waals surface area contributed by atoms with Crippen molar-refractivity contribution in [1.82, 2.24) is 9.62 Å². The van der Waals surface area contributed by atoms with Crippen LogP contribution in [0.15, 0.2) is 29.2 Å². The summed E-state index contributed by atoms with van der Waals surface area (Å²) < 4.78 is 51.2. The number of likely N-dealkylation sites (tertiary alicyclic amines) is 1. The van der Waals surface area contributed by atoms with Crippen LogP contribution in [0.4, 0.5) is 0 Å². The van der Waals surface area contributed by atoms with E-state index in [2.05, 4.69) is 4.72 Å². The topological polar surface area (TPSA) is 101 Å². The highest BCUT2D eigenvalue weighted by Gasteiger charge is 2.37. The lowest BCUT2D eigenvalue weighted by atomic mass is 10.0. The molecular formula is C17H26N2O5S2. The van der Waals surface area contributed by atoms with Gasteiger partial charge in [0, 0.05) is 19.3 Å². The highest BCUT2D eigenvalue weighted by Crippen LogP contribution is 2.20. The monoisotopic (exact) mass is 402 g/mol. The van der Waals surface area contributed by atoms with E-state index < -0.39 is 31.2 Å². The van der Waals surface area contributed by atoms with Crippen molar-refractivity contribution in [3.63, 3.8) is 0 Å². The third-order valence-electron chi connectivity index (χ3n) is 4.58. The molecule has 1 N–H and O–H groups in total. The van der Waals surface area contributed by atoms with E-state index in [-0.39, 0.29) is 23.3 Å². The van der Waals surface area contributed by atoms with Crippen LogP contribution in [0, 0.1) is 12.8 Å². The minimum atomic E-state index is -3.86. The van der Waals surface area contributed by atoms with Gasteiger partial charge in [-0.1, -0.05) is 26.0 Å². The molecule has 7 nitrogen and oxygen atoms in total. The molecule has 1 aliphatic rings. The lowest BCUT2D eigenvalue weighted by Crippen LogP contribution is -2.50. The van der Waals surface area contributed by atoms with Gasteiger partial charge in [0.05, 0.1) is 10.1 Å². The molecule has 0 aromatic heterocycles. The first-order valence-corrected chi connectivity index (χ1v) is 11.9. The van der Waals surface area contributed by atoms with Crippen LogP contribution in [0.2, 0.25) is 0 Å². The molecule has 0 spiro atoms. The number of sulfone groups is 1. The average Bonchev–Trinajstić information content (AvgIpc) is 3.02. The number of amides is 1. The van der Waals surface area contributed by atoms with E-state index in [1.54, 1.807) is 39.0 Å². The number of sulfonamides is 1. The first-order valence-electron chi connectivity index (χ1n) is 8.48. The van der Waals surface area contributed by atoms with Gasteiger partial charge in [0.25, 0.3) is 0 Å². The largest absolute Gasteiger partial charge is 0.340 e. The number of aryl methyl sites for hydroxylation is 1. The summed E-state index contributed by atoms with van der Waals surface area (Å²) >= 11 is 0. The van der Waals surface area contributed by atoms with Gasteiger partial charge in [-0.25, -0.2) is 16.8 Å². The SMILES string of the molecule is Cc1cccc(S(=O)(=O)NC(C(=O)N2CCC(S(C)(=O)=O)C2)C(C)C)c1. The van der Waals surface area contributed by atoms with Gasteiger partial charge in [-0.2, -0.15) is 4.72 Å². The normalized spacial score (nSPS) is 19.7. The number of rotatable bonds is 6. The fraction of sp³-hybridized carbons (Fsp3) is 0.588. The van der Waals surface area contributed by atoms with E-state index >= 15 is 0 Å². The van der Waals surface area contributed by atoms with Crippen LogP contribution in [0.25, 0.3) is 0 Å². The molecule has 2 unspecified atom stereocenters. The summed E-state index contributed by atoms with van der Waals surface area (Å²) in [7, 11) is -7.09. The number of nitrogens with zero attached hydrogens (tertiary/aromatic N) is 1. The molecule has 1 saturated heterocycles. The second kappa shape index (κ2) is 7.66. The maximum absolute atomic E-state index is 12.8. The Morgan fingerprint density at radius 2 is 1.88 bits per heavy atom. The minimum Gasteiger partial charge on any atom is -0.340 e. The average molecular weight is 403 g/mol. The summed E-state index contributed by atoms with van der Waals surface area (Å²) in [5.41, 5.74) is 0.802. The van der Waals surface area contributed by atoms with Crippen LogP contribution in [-0.4, -0.2) is 58.3 Å². The Bertz CT molecular complexity index is 878. The highest BCUT2D eigenvalue weighted by molar-refractivity contribution is 7.91. The summed E-state index contributed by atoms with van der Waals surface area (Å²) in [5.74, 6) is -0.665. The molecule has 1 aliphatic heterocycles. The molecule has 26 heavy (non-hydrogen) atoms. The van der Waals surface area contributed by atoms with Gasteiger partial charge in [-0.05, 0) is 37.0 Å². The molecule has 2 rings (SSSR count). The molecule has 0 aliphatic carbocycles. The summed E-state index contributed by atoms with van der Waals surface area (Å²) in [6, 6.07) is 5.51. The van der Waals surface area contributed by atoms with Crippen LogP contribution in [-0.2, 0) is 24.7 Å². The van der Waals surface area contributed by atoms with E-state index in [0.29, 0.717) is 13.0 Å². The predicted molar refractivity (Wildman–Crippen MR) is 100.0 cm³/mol. The number of hydrogen-bond donors (Lipinski definition) is 1. The standard InChI is InChI=1S/C17H26N2O5S2/c1-12(2)16(17(20)19-9-8-15(11-19)25(4,21)22)18-26(23,24)14-7-5-6-13(3)10-14/h5-7,10,12,15-16,18H,8-9,11H2,1-4H3. The summed E-state index contributed by atoms with van der Waals surface area (Å²) in [6.07, 6.45) is 1.53. The van der Waals surface area contributed by atoms with Gasteiger partial charge >= 0.3 is 0 Å². The molecule has 0 radical (unpaired) electrons. The predicted octanol–water partition coefficient (Wildman–Crippen LogP) is 0.943. The molecule has 9 heteroatoms. The first kappa shape index (κ1) is 20.9. The maximum Gasteiger partial charge on any atom is 0.241 e. The van der Waals surface area contributed by atoms with Crippen molar-refractivity contribution in [2.75, 3.05) is 19.3 Å². The Labute approximate surface area is 155 Å². The molecule has 0 bridgehead atoms. The van der Waals surface area contributed by atoms with Crippen molar-refractivity contribution >= 4 is 25.8 Å². The summed E-state index contributed by atoms with van der Waals surface area (Å²) in [6.45, 7) is 5.72. The Balaban J connectivity index is 2.20. The number of hydrogen-bond acceptors (Lipinski definition) is 5. The zero-order chi connectivity index (χ0) is 19.7. The molecule has 1 aromatic carbocycles. The van der Waals surface area contributed by atoms with Gasteiger partial charge in [0.2, 0.25) is 15.9 Å². The van der Waals surface area contributed by atoms with Crippen molar-refractivity contribution in [2.45, 2.75) is 43.4 Å². The van der Waals surface area contributed by atoms with E-state index in [4.69, 9.17) is 0 Å². The Morgan fingerprint density at radius 1 is 1.23 bits per heavy atom. The zero-order valence-corrected chi connectivity index (χ0v) is 17.1. The van der Waals surface area contributed by atoms with Crippen LogP contribution >= 0.6 is 0 Å². The fourth-order valence-corrected chi connectivity index (χ4v) is 5.39. The Hall–Kier alpha value is -1.45. The van der Waals surface area contributed by atoms with Gasteiger partial charge in [-0.3, -0.25) is 4.79 Å². The van der Waals surface area contributed by atoms with Gasteiger partial charge in [0.1, 0.15) is 6.04 Å². The molecule has 1 aromatic rings. The summed E-state index contributed by atoms with van der Waals surface area (Å²) in [4.78, 5) is 14.4. The van der Waals surface area contributed by atoms with E-state index in [9.17, 15) is 21.6 Å². The van der Waals surface area contributed by atoms with Gasteiger partial charge < -0.3 is 4.90 Å². The molecule has 1 heterocycles. The summed E-state index contributed by atoms with van der Waals surface area (Å²) in [5, 5.41) is -0.590. The quantitative estimate of drug-likeness (QED) is 0.763. The Kier molecular flexibility index (Phi) is 6.14. The van der Waals surface area contributed by atoms with E-state index in [1.807, 2.05) is 0 Å². The van der Waals surface area contributed by atoms with Crippen molar-refractivity contribution in [3.8, 4) is 0 Å². The van der Waals surface area contributed by atoms with Crippen LogP contribution in [0.1, 0.15) is 25.8 Å². The van der Waals surface area contributed by atoms with Gasteiger partial charge in [-0.15, -0.1) is 0 Å². The smallest absolute Gasteiger partial charge is 0.241 e. The van der Waals surface area contributed by atoms with Crippen molar-refractivity contribution in [2.24, 2.45) is 5.92 Å².